The Balaban J connectivity index is 2.75. The van der Waals surface area contributed by atoms with E-state index in [-0.39, 0.29) is 0 Å². The molecule has 0 saturated carbocycles. The van der Waals surface area contributed by atoms with Gasteiger partial charge in [0.2, 0.25) is 0 Å². The molecule has 1 rings (SSSR count). The van der Waals surface area contributed by atoms with E-state index in [0.29, 0.717) is 6.04 Å². The van der Waals surface area contributed by atoms with Crippen molar-refractivity contribution in [2.45, 2.75) is 32.9 Å². The van der Waals surface area contributed by atoms with Crippen molar-refractivity contribution in [1.82, 2.24) is 10.2 Å². The highest BCUT2D eigenvalue weighted by Crippen LogP contribution is 2.29. The lowest BCUT2D eigenvalue weighted by molar-refractivity contribution is 0.401. The summed E-state index contributed by atoms with van der Waals surface area (Å²) in [6.07, 6.45) is 1.13. The van der Waals surface area contributed by atoms with Crippen LogP contribution in [-0.2, 0) is 6.54 Å². The number of benzene rings is 1. The van der Waals surface area contributed by atoms with Crippen LogP contribution in [0.3, 0.4) is 0 Å². The fourth-order valence-electron chi connectivity index (χ4n) is 2.18. The summed E-state index contributed by atoms with van der Waals surface area (Å²) >= 11 is 6.40. The number of hydrogen-bond donors (Lipinski definition) is 1. The van der Waals surface area contributed by atoms with Gasteiger partial charge in [-0.25, -0.2) is 0 Å². The van der Waals surface area contributed by atoms with E-state index in [9.17, 15) is 0 Å². The van der Waals surface area contributed by atoms with Crippen LogP contribution in [0.2, 0.25) is 5.02 Å². The minimum atomic E-state index is 0.473. The second-order valence-corrected chi connectivity index (χ2v) is 6.27. The molecule has 3 nitrogen and oxygen atoms in total. The van der Waals surface area contributed by atoms with Gasteiger partial charge >= 0.3 is 0 Å². The average Bonchev–Trinajstić information content (AvgIpc) is 2.35. The highest BCUT2D eigenvalue weighted by atomic mass is 35.5. The molecule has 1 aromatic carbocycles. The van der Waals surface area contributed by atoms with Crippen LogP contribution >= 0.6 is 11.6 Å². The van der Waals surface area contributed by atoms with Crippen LogP contribution in [0.5, 0.6) is 0 Å². The van der Waals surface area contributed by atoms with Crippen molar-refractivity contribution >= 4 is 17.3 Å². The van der Waals surface area contributed by atoms with Gasteiger partial charge in [0.25, 0.3) is 0 Å². The highest BCUT2D eigenvalue weighted by molar-refractivity contribution is 6.33. The van der Waals surface area contributed by atoms with Crippen LogP contribution in [0.25, 0.3) is 0 Å². The minimum Gasteiger partial charge on any atom is -0.373 e. The van der Waals surface area contributed by atoms with Gasteiger partial charge in [-0.2, -0.15) is 0 Å². The molecule has 20 heavy (non-hydrogen) atoms. The number of nitrogens with zero attached hydrogens (tertiary/aromatic N) is 2. The Bertz CT molecular complexity index is 405. The third-order valence-electron chi connectivity index (χ3n) is 3.25. The SMILES string of the molecule is CC(C)NCc1cccc(Cl)c1N(C)CCCN(C)C. The zero-order valence-corrected chi connectivity index (χ0v) is 14.2. The van der Waals surface area contributed by atoms with Gasteiger partial charge in [0.05, 0.1) is 10.7 Å². The van der Waals surface area contributed by atoms with E-state index in [2.05, 4.69) is 56.2 Å². The van der Waals surface area contributed by atoms with Crippen LogP contribution in [0, 0.1) is 0 Å². The summed E-state index contributed by atoms with van der Waals surface area (Å²) in [5.74, 6) is 0. The molecule has 114 valence electrons. The number of nitrogens with one attached hydrogen (secondary N) is 1. The summed E-state index contributed by atoms with van der Waals surface area (Å²) in [6, 6.07) is 6.62. The molecule has 0 aromatic heterocycles. The van der Waals surface area contributed by atoms with Crippen molar-refractivity contribution in [3.63, 3.8) is 0 Å². The van der Waals surface area contributed by atoms with E-state index >= 15 is 0 Å². The number of anilines is 1. The predicted molar refractivity (Wildman–Crippen MR) is 89.9 cm³/mol. The van der Waals surface area contributed by atoms with Gasteiger partial charge in [-0.3, -0.25) is 0 Å². The van der Waals surface area contributed by atoms with Gasteiger partial charge in [-0.05, 0) is 38.7 Å². The van der Waals surface area contributed by atoms with E-state index < -0.39 is 0 Å². The lowest BCUT2D eigenvalue weighted by Gasteiger charge is -2.25. The zero-order valence-electron chi connectivity index (χ0n) is 13.4. The minimum absolute atomic E-state index is 0.473. The Labute approximate surface area is 128 Å². The Kier molecular flexibility index (Phi) is 7.35. The van der Waals surface area contributed by atoms with Crippen molar-refractivity contribution in [2.24, 2.45) is 0 Å². The van der Waals surface area contributed by atoms with Gasteiger partial charge in [0.15, 0.2) is 0 Å². The van der Waals surface area contributed by atoms with Crippen LogP contribution in [-0.4, -0.2) is 45.2 Å². The Morgan fingerprint density at radius 3 is 2.45 bits per heavy atom. The monoisotopic (exact) mass is 297 g/mol. The van der Waals surface area contributed by atoms with Crippen LogP contribution in [0.1, 0.15) is 25.8 Å². The molecule has 0 aliphatic rings. The van der Waals surface area contributed by atoms with Crippen LogP contribution < -0.4 is 10.2 Å². The predicted octanol–water partition coefficient (Wildman–Crippen LogP) is 3.23. The second kappa shape index (κ2) is 8.50. The fourth-order valence-corrected chi connectivity index (χ4v) is 2.52. The molecular formula is C16H28ClN3. The third kappa shape index (κ3) is 5.70. The van der Waals surface area contributed by atoms with E-state index in [0.717, 1.165) is 36.8 Å². The molecular weight excluding hydrogens is 270 g/mol. The Morgan fingerprint density at radius 1 is 1.15 bits per heavy atom. The van der Waals surface area contributed by atoms with Gasteiger partial charge in [-0.15, -0.1) is 0 Å². The first kappa shape index (κ1) is 17.3. The van der Waals surface area contributed by atoms with Crippen LogP contribution in [0.4, 0.5) is 5.69 Å². The highest BCUT2D eigenvalue weighted by Gasteiger charge is 2.11. The normalized spacial score (nSPS) is 11.4. The first-order valence-electron chi connectivity index (χ1n) is 7.28. The first-order valence-corrected chi connectivity index (χ1v) is 7.66. The molecule has 1 N–H and O–H groups in total. The molecule has 0 radical (unpaired) electrons. The lowest BCUT2D eigenvalue weighted by atomic mass is 10.1. The lowest BCUT2D eigenvalue weighted by Crippen LogP contribution is -2.27. The number of para-hydroxylation sites is 1. The van der Waals surface area contributed by atoms with E-state index in [4.69, 9.17) is 11.6 Å². The summed E-state index contributed by atoms with van der Waals surface area (Å²) in [5.41, 5.74) is 2.42. The molecule has 0 heterocycles. The summed E-state index contributed by atoms with van der Waals surface area (Å²) < 4.78 is 0. The number of halogens is 1. The quantitative estimate of drug-likeness (QED) is 0.795. The smallest absolute Gasteiger partial charge is 0.0642 e. The van der Waals surface area contributed by atoms with E-state index in [1.54, 1.807) is 0 Å². The van der Waals surface area contributed by atoms with Crippen molar-refractivity contribution < 1.29 is 0 Å². The first-order chi connectivity index (χ1) is 9.41. The van der Waals surface area contributed by atoms with Crippen molar-refractivity contribution in [3.05, 3.63) is 28.8 Å². The molecule has 0 fully saturated rings. The molecule has 0 bridgehead atoms. The second-order valence-electron chi connectivity index (χ2n) is 5.86. The largest absolute Gasteiger partial charge is 0.373 e. The maximum absolute atomic E-state index is 6.40. The molecule has 4 heteroatoms. The third-order valence-corrected chi connectivity index (χ3v) is 3.56. The van der Waals surface area contributed by atoms with E-state index in [1.807, 2.05) is 12.1 Å². The zero-order chi connectivity index (χ0) is 15.1. The molecule has 0 amide bonds. The summed E-state index contributed by atoms with van der Waals surface area (Å²) in [5, 5.41) is 4.30. The molecule has 0 aliphatic carbocycles. The molecule has 0 aliphatic heterocycles. The van der Waals surface area contributed by atoms with Gasteiger partial charge in [0.1, 0.15) is 0 Å². The number of rotatable bonds is 8. The van der Waals surface area contributed by atoms with Gasteiger partial charge in [0, 0.05) is 26.2 Å². The van der Waals surface area contributed by atoms with Gasteiger partial charge in [-0.1, -0.05) is 37.6 Å². The summed E-state index contributed by atoms with van der Waals surface area (Å²) in [7, 11) is 6.33. The maximum atomic E-state index is 6.40. The van der Waals surface area contributed by atoms with Gasteiger partial charge < -0.3 is 15.1 Å². The summed E-state index contributed by atoms with van der Waals surface area (Å²) in [4.78, 5) is 4.48. The average molecular weight is 298 g/mol. The number of hydrogen-bond acceptors (Lipinski definition) is 3. The molecule has 0 atom stereocenters. The fraction of sp³-hybridized carbons (Fsp3) is 0.625. The van der Waals surface area contributed by atoms with Crippen molar-refractivity contribution in [3.8, 4) is 0 Å². The van der Waals surface area contributed by atoms with Crippen molar-refractivity contribution in [1.29, 1.82) is 0 Å². The Morgan fingerprint density at radius 2 is 1.85 bits per heavy atom. The Hall–Kier alpha value is -0.770. The maximum Gasteiger partial charge on any atom is 0.0642 e. The standard InChI is InChI=1S/C16H28ClN3/c1-13(2)18-12-14-8-6-9-15(17)16(14)20(5)11-7-10-19(3)4/h6,8-9,13,18H,7,10-12H2,1-5H3. The summed E-state index contributed by atoms with van der Waals surface area (Å²) in [6.45, 7) is 7.27. The molecule has 0 unspecified atom stereocenters. The van der Waals surface area contributed by atoms with Crippen molar-refractivity contribution in [2.75, 3.05) is 39.1 Å². The van der Waals surface area contributed by atoms with E-state index in [1.165, 1.54) is 5.56 Å². The molecule has 1 aromatic rings. The molecule has 0 saturated heterocycles. The topological polar surface area (TPSA) is 18.5 Å². The molecule has 0 spiro atoms. The van der Waals surface area contributed by atoms with Crippen LogP contribution in [0.15, 0.2) is 18.2 Å².